The van der Waals surface area contributed by atoms with Crippen molar-refractivity contribution in [3.8, 4) is 0 Å². The van der Waals surface area contributed by atoms with Crippen LogP contribution in [0.5, 0.6) is 0 Å². The Balaban J connectivity index is -0.000000101. The summed E-state index contributed by atoms with van der Waals surface area (Å²) in [5, 5.41) is 26.8. The van der Waals surface area contributed by atoms with Crippen LogP contribution in [-0.4, -0.2) is 40.8 Å². The maximum Gasteiger partial charge on any atom is 2.00 e. The van der Waals surface area contributed by atoms with Crippen molar-refractivity contribution in [2.24, 2.45) is 0 Å². The second-order valence-corrected chi connectivity index (χ2v) is 6.77. The molecule has 0 saturated carbocycles. The topological polar surface area (TPSA) is 181 Å². The first-order valence-corrected chi connectivity index (χ1v) is 9.10. The third kappa shape index (κ3) is 20.2. The van der Waals surface area contributed by atoms with Gasteiger partial charge in [-0.25, -0.2) is 0 Å². The quantitative estimate of drug-likeness (QED) is 0.129. The molecule has 0 saturated heterocycles. The molecule has 4 heterocycles. The standard InChI is InChI=1S/4C5H8N2.2ClH.Ni.2H2O/c4*1-4-3-5(2)7-6-4;;;;;/h4*3H,1-2H3,(H,6,7);2*1H;;2*1H2/q;;;;;;+2;;. The molecule has 0 fully saturated rings. The number of rotatable bonds is 0. The van der Waals surface area contributed by atoms with Crippen LogP contribution in [-0.2, 0) is 27.4 Å². The van der Waals surface area contributed by atoms with Gasteiger partial charge in [-0.05, 0) is 79.7 Å². The zero-order valence-electron chi connectivity index (χ0n) is 20.3. The molecule has 0 amide bonds. The normalized spacial score (nSPS) is 8.00. The smallest absolute Gasteiger partial charge is 1.00 e. The second kappa shape index (κ2) is 21.7. The van der Waals surface area contributed by atoms with E-state index < -0.39 is 0 Å². The van der Waals surface area contributed by atoms with E-state index in [2.05, 4.69) is 40.8 Å². The van der Waals surface area contributed by atoms with Gasteiger partial charge < -0.3 is 35.8 Å². The number of halogens is 2. The molecule has 0 radical (unpaired) electrons. The van der Waals surface area contributed by atoms with Crippen LogP contribution in [0.3, 0.4) is 0 Å². The summed E-state index contributed by atoms with van der Waals surface area (Å²) < 4.78 is 0. The Bertz CT molecular complexity index is 734. The van der Waals surface area contributed by atoms with E-state index in [4.69, 9.17) is 0 Å². The summed E-state index contributed by atoms with van der Waals surface area (Å²) >= 11 is 0. The molecule has 0 bridgehead atoms. The molecule has 4 aromatic rings. The van der Waals surface area contributed by atoms with Crippen LogP contribution in [0.1, 0.15) is 45.6 Å². The molecule has 0 unspecified atom stereocenters. The van der Waals surface area contributed by atoms with Gasteiger partial charge in [0.15, 0.2) is 0 Å². The van der Waals surface area contributed by atoms with Crippen LogP contribution < -0.4 is 24.8 Å². The average Bonchev–Trinajstić information content (AvgIpc) is 3.37. The van der Waals surface area contributed by atoms with Gasteiger partial charge in [-0.15, -0.1) is 0 Å². The Morgan fingerprint density at radius 2 is 0.576 bits per heavy atom. The summed E-state index contributed by atoms with van der Waals surface area (Å²) in [5.41, 5.74) is 8.70. The van der Waals surface area contributed by atoms with Gasteiger partial charge in [0, 0.05) is 22.8 Å². The van der Waals surface area contributed by atoms with E-state index in [1.54, 1.807) is 0 Å². The molecule has 0 aliphatic heterocycles. The molecule has 13 heteroatoms. The van der Waals surface area contributed by atoms with Crippen molar-refractivity contribution in [1.82, 2.24) is 40.8 Å². The van der Waals surface area contributed by atoms with E-state index in [0.29, 0.717) is 0 Å². The predicted octanol–water partition coefficient (Wildman–Crippen LogP) is -3.73. The fourth-order valence-electron chi connectivity index (χ4n) is 2.22. The van der Waals surface area contributed by atoms with E-state index in [-0.39, 0.29) is 52.3 Å². The maximum absolute atomic E-state index is 3.89. The monoisotopic (exact) mass is 550 g/mol. The minimum atomic E-state index is 0. The fraction of sp³-hybridized carbons (Fsp3) is 0.400. The molecular formula is C20H38Cl2N8NiO2+2. The summed E-state index contributed by atoms with van der Waals surface area (Å²) in [6.45, 7) is 15.8. The molecule has 10 N–H and O–H groups in total. The number of nitrogens with zero attached hydrogens (tertiary/aromatic N) is 4. The number of aryl methyl sites for hydroxylation is 8. The predicted molar refractivity (Wildman–Crippen MR) is 122 cm³/mol. The third-order valence-electron chi connectivity index (χ3n) is 3.34. The summed E-state index contributed by atoms with van der Waals surface area (Å²) in [4.78, 5) is 0. The van der Waals surface area contributed by atoms with Crippen LogP contribution in [0.4, 0.5) is 0 Å². The number of nitrogens with one attached hydrogen (secondary N) is 4. The number of hydrogen-bond donors (Lipinski definition) is 4. The van der Waals surface area contributed by atoms with Crippen LogP contribution >= 0.6 is 0 Å². The Labute approximate surface area is 217 Å². The Morgan fingerprint density at radius 3 is 0.606 bits per heavy atom. The molecule has 4 aromatic heterocycles. The van der Waals surface area contributed by atoms with Gasteiger partial charge in [-0.3, -0.25) is 20.4 Å². The van der Waals surface area contributed by atoms with E-state index in [9.17, 15) is 0 Å². The first kappa shape index (κ1) is 41.1. The third-order valence-corrected chi connectivity index (χ3v) is 3.34. The number of aromatic amines is 4. The van der Waals surface area contributed by atoms with Crippen LogP contribution in [0.15, 0.2) is 24.3 Å². The molecule has 0 spiro atoms. The maximum atomic E-state index is 3.89. The summed E-state index contributed by atoms with van der Waals surface area (Å²) in [7, 11) is 0. The van der Waals surface area contributed by atoms with Gasteiger partial charge in [-0.1, -0.05) is 0 Å². The number of aromatic nitrogens is 8. The van der Waals surface area contributed by atoms with Gasteiger partial charge in [0.2, 0.25) is 0 Å². The summed E-state index contributed by atoms with van der Waals surface area (Å²) in [6.07, 6.45) is 0. The largest absolute Gasteiger partial charge is 2.00 e. The summed E-state index contributed by atoms with van der Waals surface area (Å²) in [6, 6.07) is 8.00. The van der Waals surface area contributed by atoms with Crippen molar-refractivity contribution in [1.29, 1.82) is 0 Å². The van der Waals surface area contributed by atoms with Crippen molar-refractivity contribution in [2.45, 2.75) is 55.4 Å². The Hall–Kier alpha value is -2.17. The first-order chi connectivity index (χ1) is 13.2. The van der Waals surface area contributed by atoms with Gasteiger partial charge in [0.1, 0.15) is 0 Å². The molecule has 4 rings (SSSR count). The zero-order valence-corrected chi connectivity index (χ0v) is 22.8. The molecule has 0 aliphatic carbocycles. The van der Waals surface area contributed by atoms with Gasteiger partial charge in [-0.2, -0.15) is 20.4 Å². The van der Waals surface area contributed by atoms with E-state index in [0.717, 1.165) is 45.6 Å². The van der Waals surface area contributed by atoms with Crippen molar-refractivity contribution < 1.29 is 52.3 Å². The second-order valence-electron chi connectivity index (χ2n) is 6.77. The average molecular weight is 552 g/mol. The zero-order chi connectivity index (χ0) is 21.1. The minimum Gasteiger partial charge on any atom is -1.00 e. The van der Waals surface area contributed by atoms with Crippen molar-refractivity contribution in [3.05, 3.63) is 69.8 Å². The molecular weight excluding hydrogens is 514 g/mol. The molecule has 33 heavy (non-hydrogen) atoms. The number of hydrogen-bond acceptors (Lipinski definition) is 4. The van der Waals surface area contributed by atoms with Crippen LogP contribution in [0, 0.1) is 55.4 Å². The molecule has 10 nitrogen and oxygen atoms in total. The fourth-order valence-corrected chi connectivity index (χ4v) is 2.22. The Morgan fingerprint density at radius 1 is 0.424 bits per heavy atom. The van der Waals surface area contributed by atoms with Crippen LogP contribution in [0.2, 0.25) is 0 Å². The molecule has 192 valence electrons. The Kier molecular flexibility index (Phi) is 27.0. The molecule has 0 aliphatic rings. The van der Waals surface area contributed by atoms with E-state index >= 15 is 0 Å². The van der Waals surface area contributed by atoms with Crippen molar-refractivity contribution >= 4 is 0 Å². The molecule has 0 atom stereocenters. The minimum absolute atomic E-state index is 0. The van der Waals surface area contributed by atoms with E-state index in [1.807, 2.05) is 79.7 Å². The van der Waals surface area contributed by atoms with E-state index in [1.165, 1.54) is 0 Å². The van der Waals surface area contributed by atoms with Gasteiger partial charge in [0.05, 0.1) is 22.8 Å². The SMILES string of the molecule is Cc1cc(C)[nH]n1.Cc1cc(C)[nH]n1.Cc1cc(C)[nH]n1.Cc1cc(C)[nH]n1.[Cl-].[Cl-].[Ni+2].[OH3+].[OH3+]. The molecule has 0 aromatic carbocycles. The van der Waals surface area contributed by atoms with Crippen molar-refractivity contribution in [3.63, 3.8) is 0 Å². The van der Waals surface area contributed by atoms with Crippen molar-refractivity contribution in [2.75, 3.05) is 0 Å². The van der Waals surface area contributed by atoms with Gasteiger partial charge in [0.25, 0.3) is 0 Å². The first-order valence-electron chi connectivity index (χ1n) is 9.10. The summed E-state index contributed by atoms with van der Waals surface area (Å²) in [5.74, 6) is 0. The number of H-pyrrole nitrogens is 4. The van der Waals surface area contributed by atoms with Crippen LogP contribution in [0.25, 0.3) is 0 Å². The van der Waals surface area contributed by atoms with Gasteiger partial charge >= 0.3 is 16.5 Å².